The van der Waals surface area contributed by atoms with Crippen molar-refractivity contribution < 1.29 is 14.3 Å². The van der Waals surface area contributed by atoms with E-state index in [-0.39, 0.29) is 24.7 Å². The monoisotopic (exact) mass is 317 g/mol. The summed E-state index contributed by atoms with van der Waals surface area (Å²) in [5, 5.41) is 7.11. The van der Waals surface area contributed by atoms with Crippen LogP contribution in [0.3, 0.4) is 0 Å². The summed E-state index contributed by atoms with van der Waals surface area (Å²) in [6.07, 6.45) is 6.89. The zero-order valence-corrected chi connectivity index (χ0v) is 12.9. The van der Waals surface area contributed by atoms with Crippen LogP contribution in [0.4, 0.5) is 0 Å². The Hall–Kier alpha value is -2.77. The number of carbonyl (C=O) groups is 2. The maximum absolute atomic E-state index is 11.6. The first-order valence-corrected chi connectivity index (χ1v) is 7.41. The summed E-state index contributed by atoms with van der Waals surface area (Å²) in [6, 6.07) is 1.84. The first-order valence-electron chi connectivity index (χ1n) is 7.41. The molecule has 0 aliphatic rings. The van der Waals surface area contributed by atoms with Crippen LogP contribution in [0.25, 0.3) is 11.4 Å². The van der Waals surface area contributed by atoms with Gasteiger partial charge < -0.3 is 10.1 Å². The highest BCUT2D eigenvalue weighted by Crippen LogP contribution is 2.11. The Balaban J connectivity index is 1.71. The predicted octanol–water partition coefficient (Wildman–Crippen LogP) is 0.800. The highest BCUT2D eigenvalue weighted by Gasteiger charge is 2.07. The third-order valence-corrected chi connectivity index (χ3v) is 2.99. The molecule has 8 heteroatoms. The number of hydrogen-bond acceptors (Lipinski definition) is 6. The number of rotatable bonds is 8. The lowest BCUT2D eigenvalue weighted by Gasteiger charge is -2.05. The number of nitrogens with zero attached hydrogens (tertiary/aromatic N) is 4. The van der Waals surface area contributed by atoms with Gasteiger partial charge in [-0.05, 0) is 13.0 Å². The molecular formula is C15H19N5O3. The number of carbonyl (C=O) groups excluding carboxylic acids is 2. The predicted molar refractivity (Wildman–Crippen MR) is 82.1 cm³/mol. The fourth-order valence-corrected chi connectivity index (χ4v) is 1.90. The van der Waals surface area contributed by atoms with Gasteiger partial charge in [0.25, 0.3) is 0 Å². The van der Waals surface area contributed by atoms with E-state index >= 15 is 0 Å². The van der Waals surface area contributed by atoms with Gasteiger partial charge in [0.1, 0.15) is 11.4 Å². The molecule has 0 aliphatic carbocycles. The normalized spacial score (nSPS) is 10.3. The molecule has 1 N–H and O–H groups in total. The van der Waals surface area contributed by atoms with Gasteiger partial charge in [0.15, 0.2) is 0 Å². The third kappa shape index (κ3) is 5.50. The second-order valence-corrected chi connectivity index (χ2v) is 4.71. The topological polar surface area (TPSA) is 99.0 Å². The summed E-state index contributed by atoms with van der Waals surface area (Å²) in [7, 11) is 0. The van der Waals surface area contributed by atoms with Crippen LogP contribution in [0, 0.1) is 0 Å². The van der Waals surface area contributed by atoms with Crippen molar-refractivity contribution in [1.29, 1.82) is 0 Å². The maximum atomic E-state index is 11.6. The molecule has 0 saturated heterocycles. The molecule has 2 rings (SSSR count). The van der Waals surface area contributed by atoms with Crippen LogP contribution < -0.4 is 5.32 Å². The average Bonchev–Trinajstić information content (AvgIpc) is 3.03. The molecule has 0 fully saturated rings. The van der Waals surface area contributed by atoms with Gasteiger partial charge in [0.05, 0.1) is 25.8 Å². The zero-order valence-electron chi connectivity index (χ0n) is 12.9. The van der Waals surface area contributed by atoms with Crippen LogP contribution in [0.15, 0.2) is 30.9 Å². The summed E-state index contributed by atoms with van der Waals surface area (Å²) in [5.74, 6) is -0.539. The summed E-state index contributed by atoms with van der Waals surface area (Å²) < 4.78 is 6.48. The van der Waals surface area contributed by atoms with E-state index in [2.05, 4.69) is 20.4 Å². The van der Waals surface area contributed by atoms with Gasteiger partial charge >= 0.3 is 5.97 Å². The molecule has 8 nitrogen and oxygen atoms in total. The van der Waals surface area contributed by atoms with Crippen molar-refractivity contribution in [2.45, 2.75) is 26.3 Å². The summed E-state index contributed by atoms with van der Waals surface area (Å²) >= 11 is 0. The van der Waals surface area contributed by atoms with Crippen LogP contribution in [-0.2, 0) is 20.9 Å². The van der Waals surface area contributed by atoms with Gasteiger partial charge in [-0.15, -0.1) is 0 Å². The minimum Gasteiger partial charge on any atom is -0.466 e. The molecule has 0 radical (unpaired) electrons. The Morgan fingerprint density at radius 2 is 2.13 bits per heavy atom. The van der Waals surface area contributed by atoms with E-state index in [1.54, 1.807) is 30.2 Å². The second-order valence-electron chi connectivity index (χ2n) is 4.71. The maximum Gasteiger partial charge on any atom is 0.306 e. The van der Waals surface area contributed by atoms with Crippen LogP contribution >= 0.6 is 0 Å². The molecular weight excluding hydrogens is 298 g/mol. The van der Waals surface area contributed by atoms with Crippen molar-refractivity contribution in [3.05, 3.63) is 30.9 Å². The minimum atomic E-state index is -0.358. The fourth-order valence-electron chi connectivity index (χ4n) is 1.90. The standard InChI is InChI=1S/C15H19N5O3/c1-2-23-15(22)4-3-14(21)18-8-10-20-9-5-12(19-20)13-11-16-6-7-17-13/h5-7,9,11H,2-4,8,10H2,1H3,(H,18,21). The lowest BCUT2D eigenvalue weighted by molar-refractivity contribution is -0.144. The van der Waals surface area contributed by atoms with Crippen LogP contribution in [0.1, 0.15) is 19.8 Å². The quantitative estimate of drug-likeness (QED) is 0.723. The smallest absolute Gasteiger partial charge is 0.306 e. The Labute approximate surface area is 133 Å². The van der Waals surface area contributed by atoms with E-state index < -0.39 is 0 Å². The Morgan fingerprint density at radius 3 is 2.87 bits per heavy atom. The molecule has 2 heterocycles. The number of esters is 1. The number of aromatic nitrogens is 4. The number of nitrogens with one attached hydrogen (secondary N) is 1. The molecule has 23 heavy (non-hydrogen) atoms. The second kappa shape index (κ2) is 8.62. The molecule has 0 bridgehead atoms. The molecule has 0 atom stereocenters. The number of ether oxygens (including phenoxy) is 1. The summed E-state index contributed by atoms with van der Waals surface area (Å²) in [5.41, 5.74) is 1.43. The van der Waals surface area contributed by atoms with E-state index in [0.717, 1.165) is 5.69 Å². The molecule has 2 aromatic rings. The van der Waals surface area contributed by atoms with Crippen molar-refractivity contribution in [1.82, 2.24) is 25.1 Å². The van der Waals surface area contributed by atoms with Crippen molar-refractivity contribution in [3.8, 4) is 11.4 Å². The van der Waals surface area contributed by atoms with Gasteiger partial charge in [-0.2, -0.15) is 5.10 Å². The van der Waals surface area contributed by atoms with Gasteiger partial charge in [-0.1, -0.05) is 0 Å². The highest BCUT2D eigenvalue weighted by atomic mass is 16.5. The molecule has 1 amide bonds. The number of hydrogen-bond donors (Lipinski definition) is 1. The van der Waals surface area contributed by atoms with Gasteiger partial charge in [-0.3, -0.25) is 24.2 Å². The SMILES string of the molecule is CCOC(=O)CCC(=O)NCCn1ccc(-c2cnccn2)n1. The zero-order chi connectivity index (χ0) is 16.5. The van der Waals surface area contributed by atoms with Crippen molar-refractivity contribution in [3.63, 3.8) is 0 Å². The number of amides is 1. The van der Waals surface area contributed by atoms with E-state index in [9.17, 15) is 9.59 Å². The summed E-state index contributed by atoms with van der Waals surface area (Å²) in [6.45, 7) is 3.03. The van der Waals surface area contributed by atoms with Gasteiger partial charge in [-0.25, -0.2) is 0 Å². The Kier molecular flexibility index (Phi) is 6.22. The highest BCUT2D eigenvalue weighted by molar-refractivity contribution is 5.81. The largest absolute Gasteiger partial charge is 0.466 e. The van der Waals surface area contributed by atoms with Crippen molar-refractivity contribution >= 4 is 11.9 Å². The van der Waals surface area contributed by atoms with E-state index in [1.807, 2.05) is 12.3 Å². The van der Waals surface area contributed by atoms with Gasteiger partial charge in [0.2, 0.25) is 5.91 Å². The van der Waals surface area contributed by atoms with E-state index in [0.29, 0.717) is 25.4 Å². The molecule has 0 spiro atoms. The lowest BCUT2D eigenvalue weighted by Crippen LogP contribution is -2.27. The molecule has 0 aromatic carbocycles. The molecule has 0 unspecified atom stereocenters. The average molecular weight is 317 g/mol. The summed E-state index contributed by atoms with van der Waals surface area (Å²) in [4.78, 5) is 30.9. The molecule has 122 valence electrons. The van der Waals surface area contributed by atoms with Gasteiger partial charge in [0, 0.05) is 31.6 Å². The molecule has 2 aromatic heterocycles. The van der Waals surface area contributed by atoms with Crippen LogP contribution in [-0.4, -0.2) is 44.8 Å². The lowest BCUT2D eigenvalue weighted by atomic mass is 10.3. The first-order chi connectivity index (χ1) is 11.2. The Morgan fingerprint density at radius 1 is 1.26 bits per heavy atom. The fraction of sp³-hybridized carbons (Fsp3) is 0.400. The molecule has 0 aliphatic heterocycles. The van der Waals surface area contributed by atoms with E-state index in [4.69, 9.17) is 4.74 Å². The minimum absolute atomic E-state index is 0.0955. The van der Waals surface area contributed by atoms with Crippen LogP contribution in [0.5, 0.6) is 0 Å². The third-order valence-electron chi connectivity index (χ3n) is 2.99. The molecule has 0 saturated carbocycles. The van der Waals surface area contributed by atoms with Crippen molar-refractivity contribution in [2.75, 3.05) is 13.2 Å². The first kappa shape index (κ1) is 16.6. The van der Waals surface area contributed by atoms with Crippen LogP contribution in [0.2, 0.25) is 0 Å². The van der Waals surface area contributed by atoms with Crippen molar-refractivity contribution in [2.24, 2.45) is 0 Å². The Bertz CT molecular complexity index is 642. The van der Waals surface area contributed by atoms with E-state index in [1.165, 1.54) is 0 Å².